The Labute approximate surface area is 169 Å². The lowest BCUT2D eigenvalue weighted by Crippen LogP contribution is -2.45. The molecule has 1 aliphatic heterocycles. The first-order valence-corrected chi connectivity index (χ1v) is 9.45. The fourth-order valence-electron chi connectivity index (χ4n) is 3.14. The second kappa shape index (κ2) is 8.26. The van der Waals surface area contributed by atoms with E-state index in [1.165, 1.54) is 6.92 Å². The van der Waals surface area contributed by atoms with Crippen LogP contribution in [0.4, 0.5) is 11.4 Å². The highest BCUT2D eigenvalue weighted by molar-refractivity contribution is 6.23. The van der Waals surface area contributed by atoms with Gasteiger partial charge in [0, 0.05) is 17.8 Å². The third kappa shape index (κ3) is 4.34. The number of carbonyl (C=O) groups is 4. The summed E-state index contributed by atoms with van der Waals surface area (Å²) in [4.78, 5) is 50.4. The quantitative estimate of drug-likeness (QED) is 0.736. The van der Waals surface area contributed by atoms with Crippen molar-refractivity contribution in [3.63, 3.8) is 0 Å². The minimum atomic E-state index is -0.965. The van der Waals surface area contributed by atoms with Gasteiger partial charge in [0.2, 0.25) is 11.8 Å². The normalized spacial score (nSPS) is 14.0. The van der Waals surface area contributed by atoms with Crippen LogP contribution in [0.15, 0.2) is 48.5 Å². The van der Waals surface area contributed by atoms with Gasteiger partial charge in [-0.2, -0.15) is 0 Å². The number of nitrogens with zero attached hydrogens (tertiary/aromatic N) is 1. The molecule has 0 spiro atoms. The molecular formula is C22H23N3O4. The number of fused-ring (bicyclic) bond motifs is 1. The van der Waals surface area contributed by atoms with Crippen molar-refractivity contribution in [1.82, 2.24) is 4.90 Å². The minimum absolute atomic E-state index is 0.0731. The van der Waals surface area contributed by atoms with Gasteiger partial charge in [-0.25, -0.2) is 0 Å². The van der Waals surface area contributed by atoms with Crippen LogP contribution in [0.3, 0.4) is 0 Å². The number of hydrogen-bond acceptors (Lipinski definition) is 4. The van der Waals surface area contributed by atoms with Gasteiger partial charge < -0.3 is 10.6 Å². The number of rotatable bonds is 6. The SMILES string of the molecule is CC(C)CC(=O)Nc1ccc(NC(=O)C(C)N2C(=O)c3ccccc3C2=O)cc1. The lowest BCUT2D eigenvalue weighted by molar-refractivity contribution is -0.119. The van der Waals surface area contributed by atoms with Gasteiger partial charge in [0.05, 0.1) is 11.1 Å². The van der Waals surface area contributed by atoms with Crippen molar-refractivity contribution in [3.05, 3.63) is 59.7 Å². The Kier molecular flexibility index (Phi) is 5.77. The molecule has 1 unspecified atom stereocenters. The summed E-state index contributed by atoms with van der Waals surface area (Å²) < 4.78 is 0. The molecule has 29 heavy (non-hydrogen) atoms. The highest BCUT2D eigenvalue weighted by Crippen LogP contribution is 2.25. The summed E-state index contributed by atoms with van der Waals surface area (Å²) in [5.74, 6) is -1.24. The largest absolute Gasteiger partial charge is 0.326 e. The maximum Gasteiger partial charge on any atom is 0.262 e. The summed E-state index contributed by atoms with van der Waals surface area (Å²) in [6.07, 6.45) is 0.427. The van der Waals surface area contributed by atoms with Gasteiger partial charge in [0.1, 0.15) is 6.04 Å². The molecule has 2 N–H and O–H groups in total. The van der Waals surface area contributed by atoms with Crippen molar-refractivity contribution in [2.45, 2.75) is 33.2 Å². The van der Waals surface area contributed by atoms with Crippen LogP contribution < -0.4 is 10.6 Å². The molecule has 4 amide bonds. The predicted octanol–water partition coefficient (Wildman–Crippen LogP) is 3.29. The molecule has 0 radical (unpaired) electrons. The minimum Gasteiger partial charge on any atom is -0.326 e. The molecule has 0 fully saturated rings. The summed E-state index contributed by atoms with van der Waals surface area (Å²) in [6.45, 7) is 5.44. The number of anilines is 2. The van der Waals surface area contributed by atoms with Crippen LogP contribution in [0.2, 0.25) is 0 Å². The zero-order valence-electron chi connectivity index (χ0n) is 16.6. The number of imide groups is 1. The van der Waals surface area contributed by atoms with E-state index in [2.05, 4.69) is 10.6 Å². The van der Waals surface area contributed by atoms with Crippen LogP contribution in [-0.2, 0) is 9.59 Å². The average molecular weight is 393 g/mol. The van der Waals surface area contributed by atoms with Crippen LogP contribution in [0.25, 0.3) is 0 Å². The summed E-state index contributed by atoms with van der Waals surface area (Å²) in [6, 6.07) is 12.2. The second-order valence-corrected chi connectivity index (χ2v) is 7.41. The van der Waals surface area contributed by atoms with Crippen LogP contribution in [-0.4, -0.2) is 34.6 Å². The van der Waals surface area contributed by atoms with Crippen LogP contribution >= 0.6 is 0 Å². The summed E-state index contributed by atoms with van der Waals surface area (Å²) in [5, 5.41) is 5.50. The van der Waals surface area contributed by atoms with Gasteiger partial charge in [0.15, 0.2) is 0 Å². The molecule has 150 valence electrons. The first-order chi connectivity index (χ1) is 13.8. The lowest BCUT2D eigenvalue weighted by atomic mass is 10.1. The smallest absolute Gasteiger partial charge is 0.262 e. The maximum atomic E-state index is 12.6. The summed E-state index contributed by atoms with van der Waals surface area (Å²) in [7, 11) is 0. The standard InChI is InChI=1S/C22H23N3O4/c1-13(2)12-19(26)23-15-8-10-16(11-9-15)24-20(27)14(3)25-21(28)17-6-4-5-7-18(17)22(25)29/h4-11,13-14H,12H2,1-3H3,(H,23,26)(H,24,27). The van der Waals surface area contributed by atoms with Gasteiger partial charge in [-0.05, 0) is 49.2 Å². The topological polar surface area (TPSA) is 95.6 Å². The molecule has 1 atom stereocenters. The van der Waals surface area contributed by atoms with Crippen LogP contribution in [0.5, 0.6) is 0 Å². The van der Waals surface area contributed by atoms with Crippen LogP contribution in [0, 0.1) is 5.92 Å². The highest BCUT2D eigenvalue weighted by atomic mass is 16.2. The lowest BCUT2D eigenvalue weighted by Gasteiger charge is -2.21. The van der Waals surface area contributed by atoms with E-state index in [-0.39, 0.29) is 11.8 Å². The fraction of sp³-hybridized carbons (Fsp3) is 0.273. The van der Waals surface area contributed by atoms with E-state index in [0.29, 0.717) is 28.9 Å². The number of amides is 4. The Balaban J connectivity index is 1.64. The fourth-order valence-corrected chi connectivity index (χ4v) is 3.14. The molecule has 7 nitrogen and oxygen atoms in total. The molecule has 7 heteroatoms. The van der Waals surface area contributed by atoms with Gasteiger partial charge >= 0.3 is 0 Å². The van der Waals surface area contributed by atoms with Crippen molar-refractivity contribution < 1.29 is 19.2 Å². The Morgan fingerprint density at radius 2 is 1.31 bits per heavy atom. The first-order valence-electron chi connectivity index (χ1n) is 9.45. The van der Waals surface area contributed by atoms with E-state index in [1.54, 1.807) is 48.5 Å². The predicted molar refractivity (Wildman–Crippen MR) is 110 cm³/mol. The van der Waals surface area contributed by atoms with Crippen LogP contribution in [0.1, 0.15) is 47.9 Å². The van der Waals surface area contributed by atoms with E-state index in [4.69, 9.17) is 0 Å². The third-order valence-electron chi connectivity index (χ3n) is 4.62. The molecule has 0 saturated carbocycles. The van der Waals surface area contributed by atoms with Gasteiger partial charge in [0.25, 0.3) is 11.8 Å². The molecule has 1 heterocycles. The van der Waals surface area contributed by atoms with E-state index in [1.807, 2.05) is 13.8 Å². The van der Waals surface area contributed by atoms with Crippen molar-refractivity contribution >= 4 is 35.0 Å². The monoisotopic (exact) mass is 393 g/mol. The second-order valence-electron chi connectivity index (χ2n) is 7.41. The molecular weight excluding hydrogens is 370 g/mol. The Hall–Kier alpha value is -3.48. The van der Waals surface area contributed by atoms with Crippen molar-refractivity contribution in [3.8, 4) is 0 Å². The Morgan fingerprint density at radius 3 is 1.79 bits per heavy atom. The molecule has 1 aliphatic rings. The Bertz CT molecular complexity index is 931. The molecule has 0 aromatic heterocycles. The van der Waals surface area contributed by atoms with Crippen molar-refractivity contribution in [1.29, 1.82) is 0 Å². The van der Waals surface area contributed by atoms with Gasteiger partial charge in [-0.3, -0.25) is 24.1 Å². The molecule has 3 rings (SSSR count). The van der Waals surface area contributed by atoms with Gasteiger partial charge in [-0.15, -0.1) is 0 Å². The number of carbonyl (C=O) groups excluding carboxylic acids is 4. The Morgan fingerprint density at radius 1 is 0.828 bits per heavy atom. The molecule has 0 bridgehead atoms. The number of hydrogen-bond donors (Lipinski definition) is 2. The van der Waals surface area contributed by atoms with E-state index in [9.17, 15) is 19.2 Å². The number of benzene rings is 2. The van der Waals surface area contributed by atoms with E-state index >= 15 is 0 Å². The highest BCUT2D eigenvalue weighted by Gasteiger charge is 2.40. The maximum absolute atomic E-state index is 12.6. The third-order valence-corrected chi connectivity index (χ3v) is 4.62. The average Bonchev–Trinajstić information content (AvgIpc) is 2.93. The molecule has 2 aromatic rings. The van der Waals surface area contributed by atoms with Crippen molar-refractivity contribution in [2.75, 3.05) is 10.6 Å². The van der Waals surface area contributed by atoms with E-state index in [0.717, 1.165) is 4.90 Å². The molecule has 0 saturated heterocycles. The zero-order valence-corrected chi connectivity index (χ0v) is 16.6. The van der Waals surface area contributed by atoms with Gasteiger partial charge in [-0.1, -0.05) is 26.0 Å². The zero-order chi connectivity index (χ0) is 21.1. The number of nitrogens with one attached hydrogen (secondary N) is 2. The first kappa shape index (κ1) is 20.3. The summed E-state index contributed by atoms with van der Waals surface area (Å²) >= 11 is 0. The molecule has 0 aliphatic carbocycles. The summed E-state index contributed by atoms with van der Waals surface area (Å²) in [5.41, 5.74) is 1.74. The van der Waals surface area contributed by atoms with Crippen molar-refractivity contribution in [2.24, 2.45) is 5.92 Å². The molecule has 2 aromatic carbocycles. The van der Waals surface area contributed by atoms with E-state index < -0.39 is 23.8 Å².